The number of likely N-dealkylation sites (tertiary alicyclic amines) is 1. The van der Waals surface area contributed by atoms with Gasteiger partial charge in [0, 0.05) is 18.6 Å². The largest absolute Gasteiger partial charge is 0.481 e. The lowest BCUT2D eigenvalue weighted by molar-refractivity contribution is -0.141. The van der Waals surface area contributed by atoms with Gasteiger partial charge in [-0.2, -0.15) is 0 Å². The van der Waals surface area contributed by atoms with E-state index in [1.165, 1.54) is 5.56 Å². The minimum Gasteiger partial charge on any atom is -0.481 e. The van der Waals surface area contributed by atoms with Crippen molar-refractivity contribution < 1.29 is 9.90 Å². The van der Waals surface area contributed by atoms with Gasteiger partial charge in [0.15, 0.2) is 0 Å². The summed E-state index contributed by atoms with van der Waals surface area (Å²) >= 11 is 0. The van der Waals surface area contributed by atoms with Crippen LogP contribution in [-0.2, 0) is 11.3 Å². The summed E-state index contributed by atoms with van der Waals surface area (Å²) in [7, 11) is 0. The van der Waals surface area contributed by atoms with Crippen LogP contribution < -0.4 is 0 Å². The third-order valence-corrected chi connectivity index (χ3v) is 3.61. The van der Waals surface area contributed by atoms with Crippen LogP contribution in [0.25, 0.3) is 0 Å². The number of carbonyl (C=O) groups is 1. The van der Waals surface area contributed by atoms with Gasteiger partial charge in [0.2, 0.25) is 0 Å². The molecule has 1 fully saturated rings. The Morgan fingerprint density at radius 1 is 1.41 bits per heavy atom. The Balaban J connectivity index is 2.09. The number of carboxylic acids is 1. The maximum absolute atomic E-state index is 11.1. The Morgan fingerprint density at radius 3 is 2.59 bits per heavy atom. The molecule has 1 heterocycles. The average molecular weight is 233 g/mol. The van der Waals surface area contributed by atoms with Crippen molar-refractivity contribution in [3.8, 4) is 0 Å². The average Bonchev–Trinajstić information content (AvgIpc) is 2.56. The summed E-state index contributed by atoms with van der Waals surface area (Å²) in [5.74, 6) is -0.901. The molecule has 1 atom stereocenters. The maximum atomic E-state index is 11.1. The Morgan fingerprint density at radius 2 is 2.06 bits per heavy atom. The van der Waals surface area contributed by atoms with E-state index in [0.29, 0.717) is 6.54 Å². The highest BCUT2D eigenvalue weighted by Crippen LogP contribution is 2.33. The molecule has 0 saturated carbocycles. The summed E-state index contributed by atoms with van der Waals surface area (Å²) in [6.07, 6.45) is 0.731. The zero-order chi connectivity index (χ0) is 12.5. The van der Waals surface area contributed by atoms with Crippen LogP contribution in [0.3, 0.4) is 0 Å². The second kappa shape index (κ2) is 4.49. The molecule has 0 bridgehead atoms. The third kappa shape index (κ3) is 2.67. The van der Waals surface area contributed by atoms with Gasteiger partial charge in [-0.3, -0.25) is 9.69 Å². The fourth-order valence-electron chi connectivity index (χ4n) is 2.56. The molecule has 3 heteroatoms. The molecule has 2 rings (SSSR count). The second-order valence-corrected chi connectivity index (χ2v) is 5.42. The molecule has 1 aliphatic heterocycles. The number of rotatable bonds is 3. The van der Waals surface area contributed by atoms with Crippen molar-refractivity contribution in [2.24, 2.45) is 5.92 Å². The molecule has 3 nitrogen and oxygen atoms in total. The van der Waals surface area contributed by atoms with Gasteiger partial charge >= 0.3 is 5.97 Å². The third-order valence-electron chi connectivity index (χ3n) is 3.61. The summed E-state index contributed by atoms with van der Waals surface area (Å²) < 4.78 is 0. The van der Waals surface area contributed by atoms with E-state index in [2.05, 4.69) is 30.9 Å². The lowest BCUT2D eigenvalue weighted by Crippen LogP contribution is -2.37. The van der Waals surface area contributed by atoms with Gasteiger partial charge in [-0.05, 0) is 25.8 Å². The van der Waals surface area contributed by atoms with Crippen LogP contribution in [0.4, 0.5) is 0 Å². The van der Waals surface area contributed by atoms with Crippen molar-refractivity contribution in [1.29, 1.82) is 0 Å². The molecule has 0 aliphatic carbocycles. The van der Waals surface area contributed by atoms with E-state index in [1.54, 1.807) is 0 Å². The smallest absolute Gasteiger partial charge is 0.307 e. The Hall–Kier alpha value is -1.35. The van der Waals surface area contributed by atoms with Crippen molar-refractivity contribution in [3.05, 3.63) is 35.9 Å². The van der Waals surface area contributed by atoms with E-state index < -0.39 is 5.97 Å². The monoisotopic (exact) mass is 233 g/mol. The number of hydrogen-bond acceptors (Lipinski definition) is 2. The highest BCUT2D eigenvalue weighted by Gasteiger charge is 2.41. The summed E-state index contributed by atoms with van der Waals surface area (Å²) in [6.45, 7) is 5.73. The van der Waals surface area contributed by atoms with Gasteiger partial charge in [0.1, 0.15) is 0 Å². The van der Waals surface area contributed by atoms with E-state index in [9.17, 15) is 4.79 Å². The van der Waals surface area contributed by atoms with E-state index in [4.69, 9.17) is 5.11 Å². The quantitative estimate of drug-likeness (QED) is 0.871. The summed E-state index contributed by atoms with van der Waals surface area (Å²) in [5, 5.41) is 9.10. The number of carboxylic acid groups (broad SMARTS) is 1. The van der Waals surface area contributed by atoms with Gasteiger partial charge in [0.25, 0.3) is 0 Å². The molecule has 0 amide bonds. The van der Waals surface area contributed by atoms with Crippen molar-refractivity contribution in [2.75, 3.05) is 6.54 Å². The van der Waals surface area contributed by atoms with Crippen LogP contribution in [0.5, 0.6) is 0 Å². The molecule has 0 radical (unpaired) electrons. The number of nitrogens with zero attached hydrogens (tertiary/aromatic N) is 1. The molecular formula is C14H19NO2. The predicted molar refractivity (Wildman–Crippen MR) is 66.7 cm³/mol. The highest BCUT2D eigenvalue weighted by atomic mass is 16.4. The lowest BCUT2D eigenvalue weighted by Gasteiger charge is -2.31. The van der Waals surface area contributed by atoms with Crippen molar-refractivity contribution in [1.82, 2.24) is 4.90 Å². The fraction of sp³-hybridized carbons (Fsp3) is 0.500. The van der Waals surface area contributed by atoms with Gasteiger partial charge < -0.3 is 5.11 Å². The molecule has 92 valence electrons. The first-order valence-electron chi connectivity index (χ1n) is 6.01. The normalized spacial score (nSPS) is 23.8. The summed E-state index contributed by atoms with van der Waals surface area (Å²) in [6, 6.07) is 10.2. The highest BCUT2D eigenvalue weighted by molar-refractivity contribution is 5.71. The molecule has 1 aromatic carbocycles. The number of hydrogen-bond donors (Lipinski definition) is 1. The molecule has 1 saturated heterocycles. The Bertz CT molecular complexity index is 400. The van der Waals surface area contributed by atoms with Gasteiger partial charge in [-0.15, -0.1) is 0 Å². The first-order chi connectivity index (χ1) is 7.99. The van der Waals surface area contributed by atoms with Crippen LogP contribution in [0, 0.1) is 5.92 Å². The molecule has 1 unspecified atom stereocenters. The Labute approximate surface area is 102 Å². The number of aliphatic carboxylic acids is 1. The zero-order valence-electron chi connectivity index (χ0n) is 10.4. The van der Waals surface area contributed by atoms with E-state index in [0.717, 1.165) is 13.0 Å². The van der Waals surface area contributed by atoms with Crippen molar-refractivity contribution in [2.45, 2.75) is 32.4 Å². The minimum absolute atomic E-state index is 0.0289. The van der Waals surface area contributed by atoms with Crippen LogP contribution in [0.1, 0.15) is 25.8 Å². The molecule has 17 heavy (non-hydrogen) atoms. The van der Waals surface area contributed by atoms with Crippen LogP contribution in [0.2, 0.25) is 0 Å². The molecule has 1 aromatic rings. The summed E-state index contributed by atoms with van der Waals surface area (Å²) in [4.78, 5) is 13.3. The van der Waals surface area contributed by atoms with Crippen LogP contribution in [-0.4, -0.2) is 28.1 Å². The van der Waals surface area contributed by atoms with E-state index in [-0.39, 0.29) is 11.5 Å². The van der Waals surface area contributed by atoms with E-state index in [1.807, 2.05) is 18.2 Å². The van der Waals surface area contributed by atoms with Crippen molar-refractivity contribution in [3.63, 3.8) is 0 Å². The first kappa shape index (κ1) is 12.1. The first-order valence-corrected chi connectivity index (χ1v) is 6.01. The summed E-state index contributed by atoms with van der Waals surface area (Å²) in [5.41, 5.74) is 1.21. The van der Waals surface area contributed by atoms with Crippen LogP contribution in [0.15, 0.2) is 30.3 Å². The molecular weight excluding hydrogens is 214 g/mol. The van der Waals surface area contributed by atoms with E-state index >= 15 is 0 Å². The molecule has 0 spiro atoms. The Kier molecular flexibility index (Phi) is 3.20. The molecule has 1 aliphatic rings. The van der Waals surface area contributed by atoms with Gasteiger partial charge in [-0.1, -0.05) is 30.3 Å². The standard InChI is InChI=1S/C14H19NO2/c1-14(2)8-12(13(16)17)10-15(14)9-11-6-4-3-5-7-11/h3-7,12H,8-10H2,1-2H3,(H,16,17). The minimum atomic E-state index is -0.673. The lowest BCUT2D eigenvalue weighted by atomic mass is 9.96. The SMILES string of the molecule is CC1(C)CC(C(=O)O)CN1Cc1ccccc1. The van der Waals surface area contributed by atoms with Crippen molar-refractivity contribution >= 4 is 5.97 Å². The van der Waals surface area contributed by atoms with Gasteiger partial charge in [0.05, 0.1) is 5.92 Å². The topological polar surface area (TPSA) is 40.5 Å². The van der Waals surface area contributed by atoms with Crippen LogP contribution >= 0.6 is 0 Å². The molecule has 1 N–H and O–H groups in total. The molecule has 0 aromatic heterocycles. The predicted octanol–water partition coefficient (Wildman–Crippen LogP) is 2.37. The second-order valence-electron chi connectivity index (χ2n) is 5.42. The zero-order valence-corrected chi connectivity index (χ0v) is 10.4. The maximum Gasteiger partial charge on any atom is 0.307 e. The fourth-order valence-corrected chi connectivity index (χ4v) is 2.56. The number of benzene rings is 1. The van der Waals surface area contributed by atoms with Gasteiger partial charge in [-0.25, -0.2) is 0 Å².